The lowest BCUT2D eigenvalue weighted by atomic mass is 10.3. The minimum absolute atomic E-state index is 0.401. The van der Waals surface area contributed by atoms with Gasteiger partial charge in [-0.1, -0.05) is 0 Å². The molecule has 0 unspecified atom stereocenters. The van der Waals surface area contributed by atoms with Crippen molar-refractivity contribution in [2.75, 3.05) is 12.4 Å². The van der Waals surface area contributed by atoms with Crippen molar-refractivity contribution < 1.29 is 4.74 Å². The summed E-state index contributed by atoms with van der Waals surface area (Å²) >= 11 is 6.88. The predicted molar refractivity (Wildman–Crippen MR) is 76.7 cm³/mol. The zero-order valence-corrected chi connectivity index (χ0v) is 12.5. The number of ether oxygens (including phenoxy) is 1. The highest BCUT2D eigenvalue weighted by molar-refractivity contribution is 9.11. The van der Waals surface area contributed by atoms with Crippen LogP contribution in [0, 0.1) is 0 Å². The Balaban J connectivity index is 2.19. The standard InChI is InChI=1S/C11H13Br2N3O/c1-17-10-5-9(7(12)4-8(10)13)16-11(14)15-6-2-3-6/h4-6H,2-3H2,1H3,(H3,14,15,16). The quantitative estimate of drug-likeness (QED) is 0.641. The van der Waals surface area contributed by atoms with Crippen LogP contribution in [0.2, 0.25) is 0 Å². The van der Waals surface area contributed by atoms with E-state index in [1.807, 2.05) is 12.1 Å². The second-order valence-electron chi connectivity index (χ2n) is 3.84. The summed E-state index contributed by atoms with van der Waals surface area (Å²) in [5.74, 6) is 1.19. The van der Waals surface area contributed by atoms with Gasteiger partial charge in [0.05, 0.1) is 23.3 Å². The summed E-state index contributed by atoms with van der Waals surface area (Å²) in [5.41, 5.74) is 6.65. The number of halogens is 2. The van der Waals surface area contributed by atoms with Crippen molar-refractivity contribution in [2.24, 2.45) is 10.7 Å². The molecule has 2 rings (SSSR count). The Morgan fingerprint density at radius 2 is 2.12 bits per heavy atom. The molecule has 0 radical (unpaired) electrons. The summed E-state index contributed by atoms with van der Waals surface area (Å²) in [6.07, 6.45) is 2.26. The first kappa shape index (κ1) is 12.7. The van der Waals surface area contributed by atoms with Crippen molar-refractivity contribution in [2.45, 2.75) is 18.9 Å². The Hall–Kier alpha value is -0.750. The Kier molecular flexibility index (Phi) is 3.93. The van der Waals surface area contributed by atoms with Gasteiger partial charge in [0, 0.05) is 10.5 Å². The molecule has 1 aliphatic rings. The van der Waals surface area contributed by atoms with E-state index in [4.69, 9.17) is 10.5 Å². The van der Waals surface area contributed by atoms with Gasteiger partial charge < -0.3 is 15.8 Å². The topological polar surface area (TPSA) is 59.6 Å². The number of rotatable bonds is 3. The third kappa shape index (κ3) is 3.35. The van der Waals surface area contributed by atoms with Crippen molar-refractivity contribution in [1.82, 2.24) is 0 Å². The van der Waals surface area contributed by atoms with Crippen molar-refractivity contribution in [3.05, 3.63) is 21.1 Å². The molecule has 3 N–H and O–H groups in total. The number of methoxy groups -OCH3 is 1. The fourth-order valence-corrected chi connectivity index (χ4v) is 2.61. The molecule has 0 aliphatic heterocycles. The van der Waals surface area contributed by atoms with Crippen molar-refractivity contribution in [3.63, 3.8) is 0 Å². The van der Waals surface area contributed by atoms with E-state index in [9.17, 15) is 0 Å². The molecule has 1 aromatic rings. The van der Waals surface area contributed by atoms with E-state index in [1.165, 1.54) is 0 Å². The van der Waals surface area contributed by atoms with Gasteiger partial charge in [0.15, 0.2) is 5.96 Å². The predicted octanol–water partition coefficient (Wildman–Crippen LogP) is 3.11. The molecule has 0 aromatic heterocycles. The number of anilines is 1. The first-order valence-corrected chi connectivity index (χ1v) is 6.82. The van der Waals surface area contributed by atoms with Crippen LogP contribution in [0.1, 0.15) is 12.8 Å². The summed E-state index contributed by atoms with van der Waals surface area (Å²) in [7, 11) is 1.62. The highest BCUT2D eigenvalue weighted by Crippen LogP contribution is 2.34. The molecule has 17 heavy (non-hydrogen) atoms. The van der Waals surface area contributed by atoms with Crippen LogP contribution in [0.4, 0.5) is 5.69 Å². The van der Waals surface area contributed by atoms with Crippen LogP contribution < -0.4 is 15.8 Å². The van der Waals surface area contributed by atoms with E-state index < -0.39 is 0 Å². The molecule has 1 saturated carbocycles. The van der Waals surface area contributed by atoms with Crippen LogP contribution in [0.3, 0.4) is 0 Å². The molecule has 0 spiro atoms. The Morgan fingerprint density at radius 1 is 1.41 bits per heavy atom. The van der Waals surface area contributed by atoms with Crippen LogP contribution in [0.15, 0.2) is 26.1 Å². The molecule has 0 atom stereocenters. The van der Waals surface area contributed by atoms with Gasteiger partial charge in [-0.3, -0.25) is 0 Å². The van der Waals surface area contributed by atoms with E-state index in [2.05, 4.69) is 42.2 Å². The van der Waals surface area contributed by atoms with Crippen LogP contribution >= 0.6 is 31.9 Å². The number of hydrogen-bond donors (Lipinski definition) is 2. The maximum absolute atomic E-state index is 5.81. The van der Waals surface area contributed by atoms with Crippen molar-refractivity contribution >= 4 is 43.5 Å². The van der Waals surface area contributed by atoms with E-state index in [1.54, 1.807) is 7.11 Å². The van der Waals surface area contributed by atoms with Gasteiger partial charge in [0.1, 0.15) is 5.75 Å². The summed E-state index contributed by atoms with van der Waals surface area (Å²) in [6.45, 7) is 0. The zero-order chi connectivity index (χ0) is 12.4. The molecular weight excluding hydrogens is 350 g/mol. The molecule has 4 nitrogen and oxygen atoms in total. The van der Waals surface area contributed by atoms with Gasteiger partial charge in [0.25, 0.3) is 0 Å². The van der Waals surface area contributed by atoms with Crippen LogP contribution in [0.5, 0.6) is 5.75 Å². The minimum Gasteiger partial charge on any atom is -0.495 e. The van der Waals surface area contributed by atoms with Gasteiger partial charge >= 0.3 is 0 Å². The van der Waals surface area contributed by atoms with Gasteiger partial charge in [-0.05, 0) is 50.8 Å². The number of guanidine groups is 1. The van der Waals surface area contributed by atoms with E-state index in [-0.39, 0.29) is 0 Å². The van der Waals surface area contributed by atoms with Crippen LogP contribution in [-0.4, -0.2) is 19.1 Å². The fraction of sp³-hybridized carbons (Fsp3) is 0.364. The summed E-state index contributed by atoms with van der Waals surface area (Å²) in [6, 6.07) is 4.17. The van der Waals surface area contributed by atoms with Crippen molar-refractivity contribution in [3.8, 4) is 5.75 Å². The van der Waals surface area contributed by atoms with Crippen LogP contribution in [-0.2, 0) is 0 Å². The van der Waals surface area contributed by atoms with E-state index >= 15 is 0 Å². The zero-order valence-electron chi connectivity index (χ0n) is 9.34. The lowest BCUT2D eigenvalue weighted by Gasteiger charge is -2.11. The Morgan fingerprint density at radius 3 is 2.71 bits per heavy atom. The normalized spacial score (nSPS) is 15.8. The third-order valence-electron chi connectivity index (χ3n) is 2.37. The SMILES string of the molecule is COc1cc(NC(N)=NC2CC2)c(Br)cc1Br. The summed E-state index contributed by atoms with van der Waals surface area (Å²) in [5, 5.41) is 3.06. The molecule has 0 bridgehead atoms. The highest BCUT2D eigenvalue weighted by atomic mass is 79.9. The monoisotopic (exact) mass is 361 g/mol. The maximum Gasteiger partial charge on any atom is 0.193 e. The first-order valence-electron chi connectivity index (χ1n) is 5.23. The second-order valence-corrected chi connectivity index (χ2v) is 5.55. The van der Waals surface area contributed by atoms with Crippen molar-refractivity contribution in [1.29, 1.82) is 0 Å². The summed E-state index contributed by atoms with van der Waals surface area (Å²) < 4.78 is 7.01. The Labute approximate surface area is 117 Å². The summed E-state index contributed by atoms with van der Waals surface area (Å²) in [4.78, 5) is 4.31. The lowest BCUT2D eigenvalue weighted by molar-refractivity contribution is 0.412. The molecule has 1 aliphatic carbocycles. The molecule has 92 valence electrons. The molecule has 6 heteroatoms. The van der Waals surface area contributed by atoms with Crippen LogP contribution in [0.25, 0.3) is 0 Å². The molecule has 0 heterocycles. The largest absolute Gasteiger partial charge is 0.495 e. The Bertz CT molecular complexity index is 458. The fourth-order valence-electron chi connectivity index (χ4n) is 1.35. The average Bonchev–Trinajstić information content (AvgIpc) is 3.06. The molecule has 1 aromatic carbocycles. The highest BCUT2D eigenvalue weighted by Gasteiger charge is 2.20. The van der Waals surface area contributed by atoms with Gasteiger partial charge in [-0.2, -0.15) is 0 Å². The molecule has 0 saturated heterocycles. The number of aliphatic imine (C=N–C) groups is 1. The molecule has 0 amide bonds. The first-order chi connectivity index (χ1) is 8.10. The van der Waals surface area contributed by atoms with E-state index in [0.29, 0.717) is 12.0 Å². The number of hydrogen-bond acceptors (Lipinski definition) is 2. The van der Waals surface area contributed by atoms with Gasteiger partial charge in [-0.25, -0.2) is 4.99 Å². The molecular formula is C11H13Br2N3O. The maximum atomic E-state index is 5.81. The van der Waals surface area contributed by atoms with E-state index in [0.717, 1.165) is 33.2 Å². The number of nitrogens with one attached hydrogen (secondary N) is 1. The number of benzene rings is 1. The lowest BCUT2D eigenvalue weighted by Crippen LogP contribution is -2.23. The third-order valence-corrected chi connectivity index (χ3v) is 3.65. The minimum atomic E-state index is 0.401. The van der Waals surface area contributed by atoms with Gasteiger partial charge in [-0.15, -0.1) is 0 Å². The molecule has 1 fully saturated rings. The second kappa shape index (κ2) is 5.27. The average molecular weight is 363 g/mol. The number of nitrogens with zero attached hydrogens (tertiary/aromatic N) is 1. The van der Waals surface area contributed by atoms with Gasteiger partial charge in [0.2, 0.25) is 0 Å². The smallest absolute Gasteiger partial charge is 0.193 e. The number of nitrogens with two attached hydrogens (primary N) is 1.